The first-order chi connectivity index (χ1) is 7.68. The molecule has 1 fully saturated rings. The first kappa shape index (κ1) is 10.1. The van der Waals surface area contributed by atoms with Crippen LogP contribution in [0.15, 0.2) is 36.0 Å². The van der Waals surface area contributed by atoms with Gasteiger partial charge in [-0.05, 0) is 36.7 Å². The van der Waals surface area contributed by atoms with Gasteiger partial charge in [0.15, 0.2) is 5.78 Å². The second kappa shape index (κ2) is 3.19. The Balaban J connectivity index is 2.09. The van der Waals surface area contributed by atoms with E-state index in [1.54, 1.807) is 6.92 Å². The normalized spacial score (nSPS) is 43.4. The third-order valence-electron chi connectivity index (χ3n) is 4.71. The van der Waals surface area contributed by atoms with E-state index in [0.717, 1.165) is 12.0 Å². The molecule has 0 aromatic heterocycles. The lowest BCUT2D eigenvalue weighted by atomic mass is 9.69. The van der Waals surface area contributed by atoms with Crippen LogP contribution in [0.2, 0.25) is 0 Å². The van der Waals surface area contributed by atoms with Gasteiger partial charge in [-0.3, -0.25) is 4.79 Å². The third-order valence-corrected chi connectivity index (χ3v) is 4.71. The average Bonchev–Trinajstić information content (AvgIpc) is 2.79. The first-order valence-electron chi connectivity index (χ1n) is 6.27. The van der Waals surface area contributed by atoms with Crippen molar-refractivity contribution < 1.29 is 4.79 Å². The molecule has 3 aliphatic carbocycles. The van der Waals surface area contributed by atoms with Crippen molar-refractivity contribution in [2.75, 3.05) is 0 Å². The van der Waals surface area contributed by atoms with Crippen molar-refractivity contribution in [1.82, 2.24) is 0 Å². The summed E-state index contributed by atoms with van der Waals surface area (Å²) in [5.74, 6) is 2.10. The lowest BCUT2D eigenvalue weighted by molar-refractivity contribution is -0.114. The van der Waals surface area contributed by atoms with Gasteiger partial charge in [-0.25, -0.2) is 0 Å². The van der Waals surface area contributed by atoms with Crippen LogP contribution in [0.5, 0.6) is 0 Å². The van der Waals surface area contributed by atoms with Crippen molar-refractivity contribution in [2.24, 2.45) is 23.2 Å². The van der Waals surface area contributed by atoms with Crippen LogP contribution in [0.1, 0.15) is 26.7 Å². The zero-order valence-electron chi connectivity index (χ0n) is 9.94. The number of rotatable bonds is 2. The van der Waals surface area contributed by atoms with Gasteiger partial charge in [-0.15, -0.1) is 0 Å². The van der Waals surface area contributed by atoms with Crippen LogP contribution in [0.25, 0.3) is 0 Å². The highest BCUT2D eigenvalue weighted by Crippen LogP contribution is 2.62. The van der Waals surface area contributed by atoms with Gasteiger partial charge in [0.25, 0.3) is 0 Å². The quantitative estimate of drug-likeness (QED) is 0.689. The molecule has 1 heteroatoms. The highest BCUT2D eigenvalue weighted by Gasteiger charge is 2.55. The van der Waals surface area contributed by atoms with Crippen molar-refractivity contribution in [2.45, 2.75) is 26.7 Å². The monoisotopic (exact) mass is 214 g/mol. The summed E-state index contributed by atoms with van der Waals surface area (Å²) in [4.78, 5) is 11.7. The first-order valence-corrected chi connectivity index (χ1v) is 6.27. The molecule has 1 saturated carbocycles. The van der Waals surface area contributed by atoms with Gasteiger partial charge in [0.05, 0.1) is 0 Å². The molecule has 0 radical (unpaired) electrons. The summed E-state index contributed by atoms with van der Waals surface area (Å²) in [5, 5.41) is 0. The molecule has 4 unspecified atom stereocenters. The SMILES string of the molecule is CCC1C2CC3(C=CC=CC13)C=C2C(C)=O. The number of ketones is 1. The van der Waals surface area contributed by atoms with Gasteiger partial charge in [0, 0.05) is 5.41 Å². The maximum atomic E-state index is 11.7. The Morgan fingerprint density at radius 3 is 3.00 bits per heavy atom. The van der Waals surface area contributed by atoms with Gasteiger partial charge >= 0.3 is 0 Å². The lowest BCUT2D eigenvalue weighted by Gasteiger charge is -2.35. The summed E-state index contributed by atoms with van der Waals surface area (Å²) in [6.45, 7) is 3.97. The van der Waals surface area contributed by atoms with E-state index in [4.69, 9.17) is 0 Å². The van der Waals surface area contributed by atoms with E-state index >= 15 is 0 Å². The summed E-state index contributed by atoms with van der Waals surface area (Å²) < 4.78 is 0. The number of carbonyl (C=O) groups is 1. The zero-order chi connectivity index (χ0) is 11.3. The van der Waals surface area contributed by atoms with Crippen molar-refractivity contribution in [1.29, 1.82) is 0 Å². The van der Waals surface area contributed by atoms with Crippen LogP contribution < -0.4 is 0 Å². The smallest absolute Gasteiger partial charge is 0.155 e. The van der Waals surface area contributed by atoms with Crippen molar-refractivity contribution >= 4 is 5.78 Å². The van der Waals surface area contributed by atoms with E-state index in [2.05, 4.69) is 37.3 Å². The fourth-order valence-electron chi connectivity index (χ4n) is 4.08. The maximum absolute atomic E-state index is 11.7. The Morgan fingerprint density at radius 1 is 1.50 bits per heavy atom. The Labute approximate surface area is 96.9 Å². The van der Waals surface area contributed by atoms with E-state index in [1.807, 2.05) is 0 Å². The van der Waals surface area contributed by atoms with Gasteiger partial charge in [-0.1, -0.05) is 43.7 Å². The molecule has 3 rings (SSSR count). The molecule has 0 saturated heterocycles. The zero-order valence-corrected chi connectivity index (χ0v) is 9.94. The molecule has 0 heterocycles. The second-order valence-electron chi connectivity index (χ2n) is 5.42. The molecule has 2 bridgehead atoms. The number of Topliss-reactive ketones (excluding diaryl/α,β-unsaturated/α-hetero) is 1. The molecule has 0 aromatic carbocycles. The maximum Gasteiger partial charge on any atom is 0.155 e. The molecule has 84 valence electrons. The number of fused-ring (bicyclic) bond motifs is 1. The fraction of sp³-hybridized carbons (Fsp3) is 0.533. The molecule has 0 aromatic rings. The Morgan fingerprint density at radius 2 is 2.31 bits per heavy atom. The predicted octanol–water partition coefficient (Wildman–Crippen LogP) is 3.29. The molecule has 0 aliphatic heterocycles. The minimum atomic E-state index is 0.182. The van der Waals surface area contributed by atoms with E-state index in [0.29, 0.717) is 17.8 Å². The topological polar surface area (TPSA) is 17.1 Å². The van der Waals surface area contributed by atoms with E-state index in [-0.39, 0.29) is 11.2 Å². The van der Waals surface area contributed by atoms with Crippen molar-refractivity contribution in [3.63, 3.8) is 0 Å². The van der Waals surface area contributed by atoms with Crippen molar-refractivity contribution in [3.8, 4) is 0 Å². The van der Waals surface area contributed by atoms with Gasteiger partial charge in [0.2, 0.25) is 0 Å². The fourth-order valence-corrected chi connectivity index (χ4v) is 4.08. The van der Waals surface area contributed by atoms with Crippen LogP contribution in [-0.4, -0.2) is 5.78 Å². The highest BCUT2D eigenvalue weighted by atomic mass is 16.1. The van der Waals surface area contributed by atoms with Crippen LogP contribution >= 0.6 is 0 Å². The third kappa shape index (κ3) is 1.09. The lowest BCUT2D eigenvalue weighted by Crippen LogP contribution is -2.28. The van der Waals surface area contributed by atoms with E-state index in [1.165, 1.54) is 6.42 Å². The standard InChI is InChI=1S/C15H18O/c1-3-11-13-9-15(8-12(13)10(2)16)7-5-4-6-14(11)15/h4-8,11,13-14H,3,9H2,1-2H3. The van der Waals surface area contributed by atoms with E-state index in [9.17, 15) is 4.79 Å². The molecule has 3 aliphatic rings. The van der Waals surface area contributed by atoms with Crippen LogP contribution in [0, 0.1) is 23.2 Å². The minimum Gasteiger partial charge on any atom is -0.295 e. The number of allylic oxidation sites excluding steroid dienone is 6. The highest BCUT2D eigenvalue weighted by molar-refractivity contribution is 5.95. The predicted molar refractivity (Wildman–Crippen MR) is 64.9 cm³/mol. The van der Waals surface area contributed by atoms with Gasteiger partial charge < -0.3 is 0 Å². The van der Waals surface area contributed by atoms with Crippen LogP contribution in [0.3, 0.4) is 0 Å². The summed E-state index contributed by atoms with van der Waals surface area (Å²) >= 11 is 0. The summed E-state index contributed by atoms with van der Waals surface area (Å²) in [5.41, 5.74) is 1.28. The number of carbonyl (C=O) groups excluding carboxylic acids is 1. The minimum absolute atomic E-state index is 0.182. The summed E-state index contributed by atoms with van der Waals surface area (Å²) in [6, 6.07) is 0. The molecule has 16 heavy (non-hydrogen) atoms. The molecule has 1 spiro atoms. The number of hydrogen-bond acceptors (Lipinski definition) is 1. The molecule has 0 N–H and O–H groups in total. The van der Waals surface area contributed by atoms with Crippen LogP contribution in [0.4, 0.5) is 0 Å². The molecular weight excluding hydrogens is 196 g/mol. The van der Waals surface area contributed by atoms with Gasteiger partial charge in [-0.2, -0.15) is 0 Å². The second-order valence-corrected chi connectivity index (χ2v) is 5.42. The summed E-state index contributed by atoms with van der Waals surface area (Å²) in [6.07, 6.45) is 13.6. The largest absolute Gasteiger partial charge is 0.295 e. The van der Waals surface area contributed by atoms with Crippen LogP contribution in [-0.2, 0) is 4.79 Å². The Bertz CT molecular complexity index is 427. The Kier molecular flexibility index (Phi) is 2.01. The number of hydrogen-bond donors (Lipinski definition) is 0. The van der Waals surface area contributed by atoms with Gasteiger partial charge in [0.1, 0.15) is 0 Å². The summed E-state index contributed by atoms with van der Waals surface area (Å²) in [7, 11) is 0. The molecular formula is C15H18O. The van der Waals surface area contributed by atoms with Crippen molar-refractivity contribution in [3.05, 3.63) is 36.0 Å². The molecule has 0 amide bonds. The Hall–Kier alpha value is -1.11. The molecule has 1 nitrogen and oxygen atoms in total. The average molecular weight is 214 g/mol. The van der Waals surface area contributed by atoms with E-state index < -0.39 is 0 Å². The molecule has 4 atom stereocenters.